The number of rotatable bonds is 14. The first kappa shape index (κ1) is 36.3. The molecule has 0 amide bonds. The zero-order chi connectivity index (χ0) is 28.4. The average Bonchev–Trinajstić information content (AvgIpc) is 3.04. The van der Waals surface area contributed by atoms with Gasteiger partial charge in [0.15, 0.2) is 0 Å². The van der Waals surface area contributed by atoms with Gasteiger partial charge in [0.1, 0.15) is 0 Å². The topological polar surface area (TPSA) is 0 Å². The Kier molecular flexibility index (Phi) is 19.2. The molecule has 0 nitrogen and oxygen atoms in total. The molecule has 4 aromatic carbocycles. The summed E-state index contributed by atoms with van der Waals surface area (Å²) in [6.07, 6.45) is 11.4. The minimum absolute atomic E-state index is 0. The van der Waals surface area contributed by atoms with Crippen molar-refractivity contribution in [2.45, 2.75) is 27.7 Å². The second-order valence-electron chi connectivity index (χ2n) is 10.3. The van der Waals surface area contributed by atoms with Crippen molar-refractivity contribution < 1.29 is 16.5 Å². The van der Waals surface area contributed by atoms with Crippen LogP contribution in [0.1, 0.15) is 27.7 Å². The summed E-state index contributed by atoms with van der Waals surface area (Å²) < 4.78 is 0. The Bertz CT molecular complexity index is 977. The van der Waals surface area contributed by atoms with Crippen LogP contribution >= 0.6 is 31.7 Å². The maximum Gasteiger partial charge on any atom is 0.0999 e. The third-order valence-corrected chi connectivity index (χ3v) is 20.5. The molecule has 0 unspecified atom stereocenters. The van der Waals surface area contributed by atoms with Gasteiger partial charge in [-0.25, -0.2) is 0 Å². The quantitative estimate of drug-likeness (QED) is 0.0940. The summed E-state index contributed by atoms with van der Waals surface area (Å²) in [6, 6.07) is 44.6. The second kappa shape index (κ2) is 21.7. The molecule has 0 spiro atoms. The van der Waals surface area contributed by atoms with Crippen LogP contribution < -0.4 is 21.2 Å². The predicted octanol–water partition coefficient (Wildman–Crippen LogP) is 8.21. The molecule has 0 bridgehead atoms. The molecule has 0 saturated heterocycles. The first-order chi connectivity index (χ1) is 19.7. The van der Waals surface area contributed by atoms with Gasteiger partial charge < -0.3 is 0 Å². The average molecular weight is 667 g/mol. The van der Waals surface area contributed by atoms with Crippen molar-refractivity contribution in [1.29, 1.82) is 0 Å². The summed E-state index contributed by atoms with van der Waals surface area (Å²) in [6.45, 7) is 9.48. The maximum absolute atomic E-state index is 2.37. The van der Waals surface area contributed by atoms with E-state index in [9.17, 15) is 0 Å². The van der Waals surface area contributed by atoms with E-state index in [1.807, 2.05) is 0 Å². The minimum atomic E-state index is -0.589. The van der Waals surface area contributed by atoms with Gasteiger partial charge in [0, 0.05) is 32.3 Å². The third-order valence-electron chi connectivity index (χ3n) is 7.95. The Labute approximate surface area is 266 Å². The fraction of sp³-hybridized carbons (Fsp3) is 0.333. The van der Waals surface area contributed by atoms with Crippen molar-refractivity contribution in [3.05, 3.63) is 121 Å². The Morgan fingerprint density at radius 2 is 0.561 bits per heavy atom. The molecule has 222 valence electrons. The molecular formula is C36H52NiP4+4. The van der Waals surface area contributed by atoms with Crippen LogP contribution in [0.3, 0.4) is 0 Å². The molecule has 0 aliphatic heterocycles. The Morgan fingerprint density at radius 3 is 0.756 bits per heavy atom. The van der Waals surface area contributed by atoms with E-state index in [1.54, 1.807) is 21.2 Å². The van der Waals surface area contributed by atoms with E-state index in [0.29, 0.717) is 0 Å². The summed E-state index contributed by atoms with van der Waals surface area (Å²) in [4.78, 5) is 0. The smallest absolute Gasteiger partial charge is 0.0620 e. The van der Waals surface area contributed by atoms with Gasteiger partial charge in [-0.1, -0.05) is 72.8 Å². The summed E-state index contributed by atoms with van der Waals surface area (Å²) in [5, 5.41) is 6.27. The largest absolute Gasteiger partial charge is 0.0999 e. The van der Waals surface area contributed by atoms with Crippen LogP contribution in [0.15, 0.2) is 121 Å². The molecule has 0 radical (unpaired) electrons. The van der Waals surface area contributed by atoms with Crippen molar-refractivity contribution in [3.8, 4) is 0 Å². The predicted molar refractivity (Wildman–Crippen MR) is 199 cm³/mol. The van der Waals surface area contributed by atoms with Gasteiger partial charge in [-0.3, -0.25) is 0 Å². The monoisotopic (exact) mass is 666 g/mol. The van der Waals surface area contributed by atoms with E-state index < -0.39 is 15.8 Å². The van der Waals surface area contributed by atoms with E-state index in [-0.39, 0.29) is 32.3 Å². The molecule has 4 rings (SSSR count). The maximum atomic E-state index is 2.37. The van der Waals surface area contributed by atoms with Gasteiger partial charge >= 0.3 is 0 Å². The normalized spacial score (nSPS) is 10.9. The molecule has 0 aliphatic rings. The van der Waals surface area contributed by atoms with Gasteiger partial charge in [0.25, 0.3) is 0 Å². The molecular weight excluding hydrogens is 615 g/mol. The molecule has 0 aliphatic carbocycles. The summed E-state index contributed by atoms with van der Waals surface area (Å²) in [5.41, 5.74) is 0. The van der Waals surface area contributed by atoms with E-state index in [1.165, 1.54) is 49.3 Å². The van der Waals surface area contributed by atoms with Crippen LogP contribution in [-0.2, 0) is 16.5 Å². The molecule has 4 aromatic rings. The molecule has 0 heterocycles. The zero-order valence-corrected chi connectivity index (χ0v) is 30.5. The fourth-order valence-electron chi connectivity index (χ4n) is 5.28. The number of benzene rings is 4. The molecule has 0 aromatic heterocycles. The van der Waals surface area contributed by atoms with Gasteiger partial charge in [-0.05, 0) is 76.2 Å². The second-order valence-corrected chi connectivity index (χ2v) is 22.4. The van der Waals surface area contributed by atoms with Gasteiger partial charge in [0.05, 0.1) is 86.4 Å². The molecule has 0 saturated carbocycles. The third kappa shape index (κ3) is 12.7. The van der Waals surface area contributed by atoms with Crippen LogP contribution in [-0.4, -0.2) is 49.3 Å². The van der Waals surface area contributed by atoms with Crippen molar-refractivity contribution >= 4 is 52.9 Å². The van der Waals surface area contributed by atoms with Crippen LogP contribution in [0.2, 0.25) is 0 Å². The number of hydrogen-bond acceptors (Lipinski definition) is 0. The van der Waals surface area contributed by atoms with Gasteiger partial charge in [-0.15, -0.1) is 0 Å². The molecule has 0 N–H and O–H groups in total. The molecule has 0 atom stereocenters. The molecule has 0 fully saturated rings. The standard InChI is InChI=1S/2C18H24P2.Ni/c2*1-3-19(4-2)15-16-20(17-11-7-5-8-12-17)18-13-9-6-10-14-18;/h2*5-14H,3-4,15-16H2,1-2H3;/p+4. The zero-order valence-electron chi connectivity index (χ0n) is 25.5. The minimum Gasteiger partial charge on any atom is -0.0620 e. The Hall–Kier alpha value is -0.906. The molecule has 5 heteroatoms. The first-order valence-corrected chi connectivity index (χ1v) is 23.0. The van der Waals surface area contributed by atoms with Crippen LogP contribution in [0.4, 0.5) is 0 Å². The Morgan fingerprint density at radius 1 is 0.341 bits per heavy atom. The summed E-state index contributed by atoms with van der Waals surface area (Å²) >= 11 is 0. The van der Waals surface area contributed by atoms with Crippen LogP contribution in [0.25, 0.3) is 0 Å². The summed E-state index contributed by atoms with van der Waals surface area (Å²) in [5.74, 6) is 0. The SMILES string of the molecule is CC[PH+](CC)CC[PH+](c1ccccc1)c1ccccc1.CC[PH+](CC)CC[PH+](c1ccccc1)c1ccccc1.[Ni]. The van der Waals surface area contributed by atoms with Crippen LogP contribution in [0.5, 0.6) is 0 Å². The van der Waals surface area contributed by atoms with Crippen molar-refractivity contribution in [2.75, 3.05) is 49.3 Å². The van der Waals surface area contributed by atoms with E-state index >= 15 is 0 Å². The number of hydrogen-bond donors (Lipinski definition) is 0. The van der Waals surface area contributed by atoms with Gasteiger partial charge in [-0.2, -0.15) is 0 Å². The molecule has 41 heavy (non-hydrogen) atoms. The van der Waals surface area contributed by atoms with Gasteiger partial charge in [0.2, 0.25) is 0 Å². The summed E-state index contributed by atoms with van der Waals surface area (Å²) in [7, 11) is -1.39. The van der Waals surface area contributed by atoms with Crippen LogP contribution in [0, 0.1) is 0 Å². The van der Waals surface area contributed by atoms with E-state index in [2.05, 4.69) is 149 Å². The van der Waals surface area contributed by atoms with E-state index in [4.69, 9.17) is 0 Å². The van der Waals surface area contributed by atoms with Crippen molar-refractivity contribution in [1.82, 2.24) is 0 Å². The first-order valence-electron chi connectivity index (χ1n) is 15.3. The Balaban J connectivity index is 0.000000280. The van der Waals surface area contributed by atoms with Crippen molar-refractivity contribution in [2.24, 2.45) is 0 Å². The van der Waals surface area contributed by atoms with E-state index in [0.717, 1.165) is 0 Å². The fourth-order valence-corrected chi connectivity index (χ4v) is 16.7. The van der Waals surface area contributed by atoms with Crippen molar-refractivity contribution in [3.63, 3.8) is 0 Å².